The summed E-state index contributed by atoms with van der Waals surface area (Å²) in [7, 11) is 0. The van der Waals surface area contributed by atoms with E-state index in [-0.39, 0.29) is 6.61 Å². The molecule has 0 spiro atoms. The number of nitrogens with zero attached hydrogens (tertiary/aromatic N) is 1. The Morgan fingerprint density at radius 1 is 1.00 bits per heavy atom. The Bertz CT molecular complexity index is 812. The van der Waals surface area contributed by atoms with Crippen LogP contribution in [0.15, 0.2) is 36.4 Å². The minimum absolute atomic E-state index is 0.249. The number of carbonyl (C=O) groups excluding carboxylic acids is 1. The second-order valence-corrected chi connectivity index (χ2v) is 7.36. The molecular formula is C24H33NO3. The number of benzene rings is 2. The van der Waals surface area contributed by atoms with E-state index in [4.69, 9.17) is 4.74 Å². The second-order valence-electron chi connectivity index (χ2n) is 7.36. The molecule has 2 rings (SSSR count). The van der Waals surface area contributed by atoms with Gasteiger partial charge in [0.25, 0.3) is 0 Å². The van der Waals surface area contributed by atoms with Gasteiger partial charge in [0.15, 0.2) is 0 Å². The first-order chi connectivity index (χ1) is 13.3. The van der Waals surface area contributed by atoms with Gasteiger partial charge in [-0.1, -0.05) is 50.2 Å². The van der Waals surface area contributed by atoms with Gasteiger partial charge in [0.05, 0.1) is 0 Å². The number of ether oxygens (including phenoxy) is 1. The van der Waals surface area contributed by atoms with Crippen molar-refractivity contribution in [2.24, 2.45) is 0 Å². The van der Waals surface area contributed by atoms with Crippen molar-refractivity contribution in [2.45, 2.75) is 47.1 Å². The summed E-state index contributed by atoms with van der Waals surface area (Å²) in [6.07, 6.45) is 0. The van der Waals surface area contributed by atoms with Crippen molar-refractivity contribution in [3.05, 3.63) is 69.8 Å². The summed E-state index contributed by atoms with van der Waals surface area (Å²) in [5.74, 6) is -0.628. The SMILES string of the molecule is CCN(CC)CCOC(=O)[C@](O)(c1ccccc1)c1cc(C)c(C)c(C)c1C. The van der Waals surface area contributed by atoms with Crippen molar-refractivity contribution in [3.63, 3.8) is 0 Å². The third kappa shape index (κ3) is 4.29. The molecule has 0 bridgehead atoms. The van der Waals surface area contributed by atoms with E-state index < -0.39 is 11.6 Å². The molecule has 4 nitrogen and oxygen atoms in total. The van der Waals surface area contributed by atoms with Gasteiger partial charge in [0.2, 0.25) is 5.60 Å². The number of esters is 1. The highest BCUT2D eigenvalue weighted by molar-refractivity contribution is 5.86. The van der Waals surface area contributed by atoms with Gasteiger partial charge in [-0.3, -0.25) is 0 Å². The zero-order valence-electron chi connectivity index (χ0n) is 18.0. The number of carbonyl (C=O) groups is 1. The maximum Gasteiger partial charge on any atom is 0.347 e. The molecule has 0 heterocycles. The zero-order chi connectivity index (χ0) is 20.9. The van der Waals surface area contributed by atoms with Gasteiger partial charge in [0, 0.05) is 12.1 Å². The second kappa shape index (κ2) is 9.35. The van der Waals surface area contributed by atoms with E-state index in [1.54, 1.807) is 12.1 Å². The molecule has 0 radical (unpaired) electrons. The van der Waals surface area contributed by atoms with E-state index in [0.29, 0.717) is 17.7 Å². The van der Waals surface area contributed by atoms with Gasteiger partial charge in [-0.15, -0.1) is 0 Å². The summed E-state index contributed by atoms with van der Waals surface area (Å²) in [4.78, 5) is 15.4. The van der Waals surface area contributed by atoms with Crippen LogP contribution in [-0.4, -0.2) is 42.2 Å². The predicted molar refractivity (Wildman–Crippen MR) is 114 cm³/mol. The quantitative estimate of drug-likeness (QED) is 0.699. The molecule has 0 aliphatic carbocycles. The molecule has 1 atom stereocenters. The topological polar surface area (TPSA) is 49.8 Å². The molecule has 2 aromatic carbocycles. The van der Waals surface area contributed by atoms with Crippen LogP contribution in [0.25, 0.3) is 0 Å². The van der Waals surface area contributed by atoms with Gasteiger partial charge in [0.1, 0.15) is 6.61 Å². The molecule has 152 valence electrons. The van der Waals surface area contributed by atoms with Crippen LogP contribution in [0.1, 0.15) is 47.2 Å². The van der Waals surface area contributed by atoms with E-state index in [1.165, 1.54) is 5.56 Å². The van der Waals surface area contributed by atoms with Crippen LogP contribution >= 0.6 is 0 Å². The van der Waals surface area contributed by atoms with Crippen LogP contribution in [0.3, 0.4) is 0 Å². The largest absolute Gasteiger partial charge is 0.462 e. The van der Waals surface area contributed by atoms with Crippen molar-refractivity contribution >= 4 is 5.97 Å². The van der Waals surface area contributed by atoms with Gasteiger partial charge in [-0.05, 0) is 68.6 Å². The Balaban J connectivity index is 2.47. The molecule has 2 aromatic rings. The van der Waals surface area contributed by atoms with Crippen LogP contribution < -0.4 is 0 Å². The van der Waals surface area contributed by atoms with E-state index in [0.717, 1.165) is 29.8 Å². The summed E-state index contributed by atoms with van der Waals surface area (Å²) in [6.45, 7) is 14.9. The highest BCUT2D eigenvalue weighted by Gasteiger charge is 2.43. The highest BCUT2D eigenvalue weighted by atomic mass is 16.5. The van der Waals surface area contributed by atoms with Gasteiger partial charge < -0.3 is 14.7 Å². The molecule has 0 fully saturated rings. The smallest absolute Gasteiger partial charge is 0.347 e. The van der Waals surface area contributed by atoms with E-state index in [9.17, 15) is 9.90 Å². The highest BCUT2D eigenvalue weighted by Crippen LogP contribution is 2.36. The number of rotatable bonds is 8. The molecule has 0 saturated carbocycles. The van der Waals surface area contributed by atoms with Crippen LogP contribution in [0.4, 0.5) is 0 Å². The molecule has 0 amide bonds. The molecule has 0 aliphatic rings. The maximum atomic E-state index is 13.2. The fourth-order valence-electron chi connectivity index (χ4n) is 3.56. The first-order valence-electron chi connectivity index (χ1n) is 10.0. The van der Waals surface area contributed by atoms with Gasteiger partial charge >= 0.3 is 5.97 Å². The lowest BCUT2D eigenvalue weighted by atomic mass is 9.80. The Hall–Kier alpha value is -2.17. The molecule has 0 saturated heterocycles. The molecule has 0 unspecified atom stereocenters. The standard InChI is InChI=1S/C24H33NO3/c1-7-25(8-2)14-15-28-23(26)24(27,21-12-10-9-11-13-21)22-16-17(3)18(4)19(5)20(22)6/h9-13,16,27H,7-8,14-15H2,1-6H3/t24-/m0/s1. The van der Waals surface area contributed by atoms with Crippen molar-refractivity contribution in [2.75, 3.05) is 26.2 Å². The van der Waals surface area contributed by atoms with Gasteiger partial charge in [-0.25, -0.2) is 4.79 Å². The van der Waals surface area contributed by atoms with Crippen molar-refractivity contribution < 1.29 is 14.6 Å². The third-order valence-electron chi connectivity index (χ3n) is 5.89. The van der Waals surface area contributed by atoms with Crippen LogP contribution in [-0.2, 0) is 15.1 Å². The lowest BCUT2D eigenvalue weighted by molar-refractivity contribution is -0.162. The summed E-state index contributed by atoms with van der Waals surface area (Å²) < 4.78 is 5.58. The fraction of sp³-hybridized carbons (Fsp3) is 0.458. The Kier molecular flexibility index (Phi) is 7.39. The van der Waals surface area contributed by atoms with E-state index in [1.807, 2.05) is 45.0 Å². The van der Waals surface area contributed by atoms with Crippen molar-refractivity contribution in [1.82, 2.24) is 4.90 Å². The molecular weight excluding hydrogens is 350 g/mol. The molecule has 28 heavy (non-hydrogen) atoms. The predicted octanol–water partition coefficient (Wildman–Crippen LogP) is 4.04. The molecule has 1 N–H and O–H groups in total. The lowest BCUT2D eigenvalue weighted by Crippen LogP contribution is -2.41. The monoisotopic (exact) mass is 383 g/mol. The fourth-order valence-corrected chi connectivity index (χ4v) is 3.56. The summed E-state index contributed by atoms with van der Waals surface area (Å²) in [5, 5.41) is 11.7. The normalized spacial score (nSPS) is 13.4. The van der Waals surface area contributed by atoms with Crippen molar-refractivity contribution in [1.29, 1.82) is 0 Å². The van der Waals surface area contributed by atoms with Crippen molar-refractivity contribution in [3.8, 4) is 0 Å². The summed E-state index contributed by atoms with van der Waals surface area (Å²) in [6, 6.07) is 11.0. The lowest BCUT2D eigenvalue weighted by Gasteiger charge is -2.30. The first kappa shape index (κ1) is 22.1. The minimum atomic E-state index is -1.84. The van der Waals surface area contributed by atoms with Crippen LogP contribution in [0.2, 0.25) is 0 Å². The third-order valence-corrected chi connectivity index (χ3v) is 5.89. The average molecular weight is 384 g/mol. The maximum absolute atomic E-state index is 13.2. The minimum Gasteiger partial charge on any atom is -0.462 e. The van der Waals surface area contributed by atoms with E-state index >= 15 is 0 Å². The zero-order valence-corrected chi connectivity index (χ0v) is 18.0. The number of aryl methyl sites for hydroxylation is 1. The average Bonchev–Trinajstić information content (AvgIpc) is 2.72. The first-order valence-corrected chi connectivity index (χ1v) is 10.0. The van der Waals surface area contributed by atoms with E-state index in [2.05, 4.69) is 25.7 Å². The summed E-state index contributed by atoms with van der Waals surface area (Å²) >= 11 is 0. The molecule has 4 heteroatoms. The Morgan fingerprint density at radius 2 is 1.61 bits per heavy atom. The summed E-state index contributed by atoms with van der Waals surface area (Å²) in [5.41, 5.74) is 3.49. The number of likely N-dealkylation sites (N-methyl/N-ethyl adjacent to an activating group) is 1. The number of hydrogen-bond acceptors (Lipinski definition) is 4. The van der Waals surface area contributed by atoms with Crippen LogP contribution in [0.5, 0.6) is 0 Å². The number of hydrogen-bond donors (Lipinski definition) is 1. The van der Waals surface area contributed by atoms with Crippen LogP contribution in [0, 0.1) is 27.7 Å². The Morgan fingerprint density at radius 3 is 2.18 bits per heavy atom. The molecule has 0 aromatic heterocycles. The Labute approximate surface area is 169 Å². The molecule has 0 aliphatic heterocycles. The van der Waals surface area contributed by atoms with Gasteiger partial charge in [-0.2, -0.15) is 0 Å². The number of aliphatic hydroxyl groups is 1.